The molecule has 1 unspecified atom stereocenters. The van der Waals surface area contributed by atoms with Crippen molar-refractivity contribution in [3.05, 3.63) is 31.5 Å². The van der Waals surface area contributed by atoms with Crippen molar-refractivity contribution in [3.63, 3.8) is 0 Å². The molecule has 0 amide bonds. The summed E-state index contributed by atoms with van der Waals surface area (Å²) in [5, 5.41) is 51.6. The minimum Gasteiger partial charge on any atom is -0.394 e. The smallest absolute Gasteiger partial charge is 0.332 e. The van der Waals surface area contributed by atoms with Gasteiger partial charge in [0.05, 0.1) is 11.1 Å². The number of H-pyrrole nitrogens is 1. The number of alkyl halides is 1. The topological polar surface area (TPSA) is 168 Å². The minimum absolute atomic E-state index is 0.260. The maximum absolute atomic E-state index is 14.5. The second-order valence-corrected chi connectivity index (χ2v) is 7.35. The molecule has 5 atom stereocenters. The fourth-order valence-electron chi connectivity index (χ4n) is 3.04. The zero-order chi connectivity index (χ0) is 21.3. The molecular weight excluding hydrogens is 449 g/mol. The highest BCUT2D eigenvalue weighted by molar-refractivity contribution is 9.10. The fourth-order valence-corrected chi connectivity index (χ4v) is 3.35. The number of ether oxygens (including phenoxy) is 1. The van der Waals surface area contributed by atoms with Crippen LogP contribution in [0.25, 0.3) is 0 Å². The first kappa shape index (κ1) is 23.1. The first-order chi connectivity index (χ1) is 13.0. The number of nitrogens with zero attached hydrogens (tertiary/aromatic N) is 2. The number of halogens is 2. The number of unbranched alkanes of at least 4 members (excludes halogenated alkanes) is 2. The highest BCUT2D eigenvalue weighted by atomic mass is 79.9. The van der Waals surface area contributed by atoms with Crippen molar-refractivity contribution in [2.45, 2.75) is 62.7 Å². The maximum Gasteiger partial charge on any atom is 0.332 e. The molecule has 0 saturated carbocycles. The van der Waals surface area contributed by atoms with E-state index in [9.17, 15) is 39.6 Å². The summed E-state index contributed by atoms with van der Waals surface area (Å²) in [6.45, 7) is 0.933. The normalized spacial score (nSPS) is 31.5. The number of aliphatic hydroxyl groups excluding tert-OH is 2. The standard InChI is InChI=1S/C15H23BrFN3O8/c1-2-3-4-5-10(17)20(27)14(25)11(22)9(7-21)28-15(14,26)19-6-8(16)12(23)18-13(19)24/h6,9-11,21-22,25-27H,2-5,7H2,1H3,(H,18,23,24)/t9-,10?,11-,14-,15-/m1/s1. The Hall–Kier alpha value is -1.19. The number of hydroxylamine groups is 2. The highest BCUT2D eigenvalue weighted by Gasteiger charge is 2.71. The van der Waals surface area contributed by atoms with Crippen molar-refractivity contribution in [2.75, 3.05) is 6.61 Å². The zero-order valence-corrected chi connectivity index (χ0v) is 16.5. The molecule has 1 aromatic heterocycles. The van der Waals surface area contributed by atoms with E-state index in [4.69, 9.17) is 4.74 Å². The summed E-state index contributed by atoms with van der Waals surface area (Å²) < 4.78 is 19.6. The van der Waals surface area contributed by atoms with Gasteiger partial charge in [0, 0.05) is 6.20 Å². The molecule has 2 heterocycles. The van der Waals surface area contributed by atoms with Crippen LogP contribution in [0.15, 0.2) is 20.3 Å². The molecule has 0 aromatic carbocycles. The van der Waals surface area contributed by atoms with Crippen molar-refractivity contribution in [3.8, 4) is 0 Å². The summed E-state index contributed by atoms with van der Waals surface area (Å²) in [7, 11) is 0. The summed E-state index contributed by atoms with van der Waals surface area (Å²) in [5.74, 6) is -3.26. The van der Waals surface area contributed by atoms with E-state index in [0.29, 0.717) is 12.8 Å². The van der Waals surface area contributed by atoms with Crippen LogP contribution in [0.3, 0.4) is 0 Å². The number of aromatic nitrogens is 2. The Bertz CT molecular complexity index is 806. The molecule has 13 heteroatoms. The number of nitrogens with one attached hydrogen (secondary N) is 1. The van der Waals surface area contributed by atoms with E-state index in [1.54, 1.807) is 0 Å². The van der Waals surface area contributed by atoms with Gasteiger partial charge in [-0.2, -0.15) is 0 Å². The lowest BCUT2D eigenvalue weighted by Gasteiger charge is -2.43. The summed E-state index contributed by atoms with van der Waals surface area (Å²) in [4.78, 5) is 25.5. The molecule has 6 N–H and O–H groups in total. The molecule has 1 aliphatic heterocycles. The maximum atomic E-state index is 14.5. The molecule has 2 rings (SSSR count). The average Bonchev–Trinajstić information content (AvgIpc) is 2.86. The third-order valence-electron chi connectivity index (χ3n) is 4.63. The van der Waals surface area contributed by atoms with Gasteiger partial charge in [0.25, 0.3) is 5.56 Å². The van der Waals surface area contributed by atoms with Crippen LogP contribution in [0.2, 0.25) is 0 Å². The number of aliphatic hydroxyl groups is 4. The Morgan fingerprint density at radius 2 is 2.07 bits per heavy atom. The molecule has 1 saturated heterocycles. The van der Waals surface area contributed by atoms with Crippen LogP contribution in [0.5, 0.6) is 0 Å². The average molecular weight is 472 g/mol. The van der Waals surface area contributed by atoms with Crippen molar-refractivity contribution >= 4 is 15.9 Å². The van der Waals surface area contributed by atoms with Crippen molar-refractivity contribution in [1.29, 1.82) is 0 Å². The summed E-state index contributed by atoms with van der Waals surface area (Å²) >= 11 is 2.83. The van der Waals surface area contributed by atoms with E-state index in [2.05, 4.69) is 15.9 Å². The third-order valence-corrected chi connectivity index (χ3v) is 5.19. The minimum atomic E-state index is -3.30. The van der Waals surface area contributed by atoms with E-state index in [0.717, 1.165) is 12.6 Å². The van der Waals surface area contributed by atoms with Gasteiger partial charge in [0.15, 0.2) is 6.30 Å². The molecule has 0 spiro atoms. The first-order valence-corrected chi connectivity index (χ1v) is 9.39. The Morgan fingerprint density at radius 1 is 1.43 bits per heavy atom. The predicted octanol–water partition coefficient (Wildman–Crippen LogP) is -1.09. The fraction of sp³-hybridized carbons (Fsp3) is 0.733. The summed E-state index contributed by atoms with van der Waals surface area (Å²) in [6.07, 6.45) is -3.98. The number of aromatic amines is 1. The van der Waals surface area contributed by atoms with Gasteiger partial charge in [-0.25, -0.2) is 13.8 Å². The van der Waals surface area contributed by atoms with Crippen LogP contribution in [0, 0.1) is 0 Å². The first-order valence-electron chi connectivity index (χ1n) is 8.60. The van der Waals surface area contributed by atoms with Crippen LogP contribution < -0.4 is 11.2 Å². The van der Waals surface area contributed by atoms with Crippen LogP contribution >= 0.6 is 15.9 Å². The number of hydrogen-bond acceptors (Lipinski definition) is 9. The summed E-state index contributed by atoms with van der Waals surface area (Å²) in [6, 6.07) is 0. The molecule has 0 aliphatic carbocycles. The van der Waals surface area contributed by atoms with Crippen molar-refractivity contribution in [2.24, 2.45) is 0 Å². The Balaban J connectivity index is 2.55. The molecular formula is C15H23BrFN3O8. The quantitative estimate of drug-likeness (QED) is 0.119. The van der Waals surface area contributed by atoms with Gasteiger partial charge >= 0.3 is 11.6 Å². The van der Waals surface area contributed by atoms with Gasteiger partial charge in [-0.1, -0.05) is 19.8 Å². The predicted molar refractivity (Wildman–Crippen MR) is 94.8 cm³/mol. The van der Waals surface area contributed by atoms with Gasteiger partial charge in [-0.05, 0) is 28.8 Å². The van der Waals surface area contributed by atoms with Crippen LogP contribution in [0.1, 0.15) is 32.6 Å². The van der Waals surface area contributed by atoms with Crippen LogP contribution in [0.4, 0.5) is 4.39 Å². The van der Waals surface area contributed by atoms with Crippen molar-refractivity contribution < 1.29 is 34.8 Å². The Labute approximate surface area is 166 Å². The van der Waals surface area contributed by atoms with Gasteiger partial charge in [-0.3, -0.25) is 9.78 Å². The van der Waals surface area contributed by atoms with Gasteiger partial charge < -0.3 is 30.4 Å². The SMILES string of the molecule is CCCCCC(F)N(O)[C@@]1(O)[C@H](O)[C@@H](CO)O[C@@]1(O)n1cc(Br)c(=O)[nH]c1=O. The molecule has 1 fully saturated rings. The lowest BCUT2D eigenvalue weighted by Crippen LogP contribution is -2.69. The molecule has 1 aliphatic rings. The largest absolute Gasteiger partial charge is 0.394 e. The monoisotopic (exact) mass is 471 g/mol. The van der Waals surface area contributed by atoms with Crippen LogP contribution in [-0.4, -0.2) is 71.1 Å². The van der Waals surface area contributed by atoms with E-state index in [1.165, 1.54) is 0 Å². The van der Waals surface area contributed by atoms with E-state index < -0.39 is 48.0 Å². The molecule has 0 bridgehead atoms. The van der Waals surface area contributed by atoms with Gasteiger partial charge in [-0.15, -0.1) is 5.06 Å². The summed E-state index contributed by atoms with van der Waals surface area (Å²) in [5.41, 5.74) is -5.45. The third kappa shape index (κ3) is 3.68. The second kappa shape index (κ2) is 8.67. The molecule has 1 aromatic rings. The number of rotatable bonds is 8. The molecule has 11 nitrogen and oxygen atoms in total. The van der Waals surface area contributed by atoms with Crippen molar-refractivity contribution in [1.82, 2.24) is 14.6 Å². The van der Waals surface area contributed by atoms with Crippen LogP contribution in [-0.2, 0) is 10.6 Å². The molecule has 0 radical (unpaired) electrons. The van der Waals surface area contributed by atoms with E-state index in [-0.39, 0.29) is 20.5 Å². The second-order valence-electron chi connectivity index (χ2n) is 6.50. The lowest BCUT2D eigenvalue weighted by atomic mass is 10.00. The van der Waals surface area contributed by atoms with Gasteiger partial charge in [0.2, 0.25) is 5.72 Å². The lowest BCUT2D eigenvalue weighted by molar-refractivity contribution is -0.428. The highest BCUT2D eigenvalue weighted by Crippen LogP contribution is 2.44. The van der Waals surface area contributed by atoms with Gasteiger partial charge in [0.1, 0.15) is 12.2 Å². The number of hydrogen-bond donors (Lipinski definition) is 6. The molecule has 160 valence electrons. The van der Waals surface area contributed by atoms with E-state index >= 15 is 0 Å². The van der Waals surface area contributed by atoms with E-state index in [1.807, 2.05) is 11.9 Å². The Morgan fingerprint density at radius 3 is 2.64 bits per heavy atom. The zero-order valence-electron chi connectivity index (χ0n) is 15.0. The Kier molecular flexibility index (Phi) is 7.15. The molecule has 28 heavy (non-hydrogen) atoms.